The van der Waals surface area contributed by atoms with Gasteiger partial charge in [-0.15, -0.1) is 0 Å². The lowest BCUT2D eigenvalue weighted by molar-refractivity contribution is -0.244. The largest absolute Gasteiger partial charge is 0.433 e. The van der Waals surface area contributed by atoms with Crippen molar-refractivity contribution < 1.29 is 33.2 Å². The standard InChI is InChI=1S/C14H22O7/c1-7(15)17-12-11-10(20-14(4,5)21-11)9(18-12)8-6-16-13(2,3)19-8/h8-12H,6H2,1-5H3/t8-,9+,10-,11-,12-/m0/s1. The van der Waals surface area contributed by atoms with E-state index in [1.165, 1.54) is 6.92 Å². The molecule has 0 bridgehead atoms. The molecule has 5 atom stereocenters. The predicted molar refractivity (Wildman–Crippen MR) is 69.2 cm³/mol. The Hall–Kier alpha value is -0.730. The Morgan fingerprint density at radius 1 is 1.00 bits per heavy atom. The second kappa shape index (κ2) is 4.89. The molecule has 0 aromatic heterocycles. The third-order valence-corrected chi connectivity index (χ3v) is 3.73. The minimum atomic E-state index is -0.786. The average Bonchev–Trinajstić information content (AvgIpc) is 2.91. The molecule has 3 aliphatic heterocycles. The van der Waals surface area contributed by atoms with Crippen molar-refractivity contribution in [2.45, 2.75) is 76.9 Å². The Morgan fingerprint density at radius 3 is 2.24 bits per heavy atom. The van der Waals surface area contributed by atoms with Gasteiger partial charge >= 0.3 is 5.97 Å². The molecule has 120 valence electrons. The Bertz CT molecular complexity index is 433. The van der Waals surface area contributed by atoms with Crippen LogP contribution in [-0.2, 0) is 33.2 Å². The van der Waals surface area contributed by atoms with Gasteiger partial charge in [-0.3, -0.25) is 4.79 Å². The van der Waals surface area contributed by atoms with Gasteiger partial charge in [-0.1, -0.05) is 0 Å². The normalized spacial score (nSPS) is 43.8. The van der Waals surface area contributed by atoms with E-state index in [0.717, 1.165) is 0 Å². The molecule has 3 aliphatic rings. The van der Waals surface area contributed by atoms with E-state index < -0.39 is 36.0 Å². The minimum absolute atomic E-state index is 0.287. The van der Waals surface area contributed by atoms with Crippen molar-refractivity contribution in [3.63, 3.8) is 0 Å². The van der Waals surface area contributed by atoms with Crippen molar-refractivity contribution in [3.05, 3.63) is 0 Å². The molecular weight excluding hydrogens is 280 g/mol. The van der Waals surface area contributed by atoms with Crippen LogP contribution in [0.1, 0.15) is 34.6 Å². The summed E-state index contributed by atoms with van der Waals surface area (Å²) in [6, 6.07) is 0. The maximum absolute atomic E-state index is 11.2. The van der Waals surface area contributed by atoms with Crippen molar-refractivity contribution in [1.29, 1.82) is 0 Å². The molecule has 3 saturated heterocycles. The first-order chi connectivity index (χ1) is 9.67. The quantitative estimate of drug-likeness (QED) is 0.703. The van der Waals surface area contributed by atoms with Crippen LogP contribution < -0.4 is 0 Å². The molecule has 0 spiro atoms. The number of fused-ring (bicyclic) bond motifs is 1. The van der Waals surface area contributed by atoms with Gasteiger partial charge in [-0.25, -0.2) is 0 Å². The van der Waals surface area contributed by atoms with Gasteiger partial charge in [0.1, 0.15) is 18.3 Å². The Labute approximate surface area is 123 Å². The molecule has 7 heteroatoms. The van der Waals surface area contributed by atoms with Gasteiger partial charge in [0.25, 0.3) is 0 Å². The SMILES string of the molecule is CC(=O)O[C@H]1O[C@H]([C@@H]2COC(C)(C)O2)[C@@H]2OC(C)(C)O[C@H]12. The summed E-state index contributed by atoms with van der Waals surface area (Å²) < 4.78 is 34.1. The first-order valence-corrected chi connectivity index (χ1v) is 7.17. The van der Waals surface area contributed by atoms with Crippen LogP contribution in [0.3, 0.4) is 0 Å². The molecule has 7 nitrogen and oxygen atoms in total. The fourth-order valence-corrected chi connectivity index (χ4v) is 3.03. The van der Waals surface area contributed by atoms with Crippen LogP contribution in [0.2, 0.25) is 0 Å². The minimum Gasteiger partial charge on any atom is -0.433 e. The fourth-order valence-electron chi connectivity index (χ4n) is 3.03. The van der Waals surface area contributed by atoms with E-state index >= 15 is 0 Å². The van der Waals surface area contributed by atoms with Gasteiger partial charge in [0.2, 0.25) is 6.29 Å². The highest BCUT2D eigenvalue weighted by molar-refractivity contribution is 5.66. The highest BCUT2D eigenvalue weighted by Crippen LogP contribution is 2.42. The summed E-state index contributed by atoms with van der Waals surface area (Å²) in [7, 11) is 0. The van der Waals surface area contributed by atoms with E-state index in [0.29, 0.717) is 6.61 Å². The number of hydrogen-bond acceptors (Lipinski definition) is 7. The van der Waals surface area contributed by atoms with Crippen molar-refractivity contribution in [2.75, 3.05) is 6.61 Å². The van der Waals surface area contributed by atoms with Gasteiger partial charge in [0.15, 0.2) is 17.7 Å². The van der Waals surface area contributed by atoms with Gasteiger partial charge in [0, 0.05) is 6.92 Å². The summed E-state index contributed by atoms with van der Waals surface area (Å²) in [6.45, 7) is 9.08. The molecule has 0 N–H and O–H groups in total. The molecular formula is C14H22O7. The molecule has 0 saturated carbocycles. The third kappa shape index (κ3) is 2.93. The maximum Gasteiger partial charge on any atom is 0.305 e. The smallest absolute Gasteiger partial charge is 0.305 e. The zero-order valence-electron chi connectivity index (χ0n) is 13.0. The molecule has 3 heterocycles. The molecule has 0 amide bonds. The molecule has 0 aliphatic carbocycles. The van der Waals surface area contributed by atoms with Crippen LogP contribution in [0.5, 0.6) is 0 Å². The topological polar surface area (TPSA) is 72.5 Å². The Kier molecular flexibility index (Phi) is 3.53. The van der Waals surface area contributed by atoms with E-state index in [2.05, 4.69) is 0 Å². The van der Waals surface area contributed by atoms with Crippen molar-refractivity contribution >= 4 is 5.97 Å². The third-order valence-electron chi connectivity index (χ3n) is 3.73. The molecule has 0 aromatic rings. The number of carbonyl (C=O) groups excluding carboxylic acids is 1. The van der Waals surface area contributed by atoms with E-state index in [1.54, 1.807) is 0 Å². The highest BCUT2D eigenvalue weighted by Gasteiger charge is 2.60. The fraction of sp³-hybridized carbons (Fsp3) is 0.929. The van der Waals surface area contributed by atoms with Gasteiger partial charge < -0.3 is 28.4 Å². The summed E-state index contributed by atoms with van der Waals surface area (Å²) in [5, 5.41) is 0. The summed E-state index contributed by atoms with van der Waals surface area (Å²) in [5.74, 6) is -1.82. The second-order valence-electron chi connectivity index (χ2n) is 6.51. The predicted octanol–water partition coefficient (Wildman–Crippen LogP) is 0.946. The molecule has 3 fully saturated rings. The number of rotatable bonds is 2. The molecule has 21 heavy (non-hydrogen) atoms. The average molecular weight is 302 g/mol. The number of ether oxygens (including phenoxy) is 6. The van der Waals surface area contributed by atoms with Crippen LogP contribution >= 0.6 is 0 Å². The van der Waals surface area contributed by atoms with Gasteiger partial charge in [0.05, 0.1) is 6.61 Å². The summed E-state index contributed by atoms with van der Waals surface area (Å²) in [4.78, 5) is 11.2. The number of esters is 1. The summed E-state index contributed by atoms with van der Waals surface area (Å²) >= 11 is 0. The van der Waals surface area contributed by atoms with Crippen molar-refractivity contribution in [2.24, 2.45) is 0 Å². The lowest BCUT2D eigenvalue weighted by Crippen LogP contribution is -2.40. The lowest BCUT2D eigenvalue weighted by Gasteiger charge is -2.26. The monoisotopic (exact) mass is 302 g/mol. The second-order valence-corrected chi connectivity index (χ2v) is 6.51. The molecule has 0 radical (unpaired) electrons. The van der Waals surface area contributed by atoms with E-state index in [4.69, 9.17) is 28.4 Å². The Morgan fingerprint density at radius 2 is 1.67 bits per heavy atom. The van der Waals surface area contributed by atoms with Crippen LogP contribution in [0.25, 0.3) is 0 Å². The molecule has 3 rings (SSSR count). The molecule has 0 aromatic carbocycles. The van der Waals surface area contributed by atoms with Crippen LogP contribution in [0.4, 0.5) is 0 Å². The van der Waals surface area contributed by atoms with Crippen LogP contribution in [-0.4, -0.2) is 54.9 Å². The number of hydrogen-bond donors (Lipinski definition) is 0. The van der Waals surface area contributed by atoms with Gasteiger partial charge in [-0.2, -0.15) is 0 Å². The van der Waals surface area contributed by atoms with E-state index in [1.807, 2.05) is 27.7 Å². The van der Waals surface area contributed by atoms with Crippen molar-refractivity contribution in [1.82, 2.24) is 0 Å². The first-order valence-electron chi connectivity index (χ1n) is 7.17. The van der Waals surface area contributed by atoms with Crippen molar-refractivity contribution in [3.8, 4) is 0 Å². The van der Waals surface area contributed by atoms with E-state index in [9.17, 15) is 4.79 Å². The summed E-state index contributed by atoms with van der Waals surface area (Å²) in [5.41, 5.74) is 0. The van der Waals surface area contributed by atoms with E-state index in [-0.39, 0.29) is 12.2 Å². The number of carbonyl (C=O) groups is 1. The van der Waals surface area contributed by atoms with Crippen LogP contribution in [0.15, 0.2) is 0 Å². The zero-order valence-corrected chi connectivity index (χ0v) is 13.0. The Balaban J connectivity index is 1.77. The molecule has 0 unspecified atom stereocenters. The van der Waals surface area contributed by atoms with Gasteiger partial charge in [-0.05, 0) is 27.7 Å². The van der Waals surface area contributed by atoms with Crippen LogP contribution in [0, 0.1) is 0 Å². The highest BCUT2D eigenvalue weighted by atomic mass is 16.8. The zero-order chi connectivity index (χ0) is 15.4. The first kappa shape index (κ1) is 15.2. The maximum atomic E-state index is 11.2. The summed E-state index contributed by atoms with van der Waals surface area (Å²) in [6.07, 6.45) is -2.28. The lowest BCUT2D eigenvalue weighted by atomic mass is 10.1.